The number of rotatable bonds is 5. The first-order valence-corrected chi connectivity index (χ1v) is 7.85. The number of ketones is 1. The third-order valence-electron chi connectivity index (χ3n) is 2.90. The van der Waals surface area contributed by atoms with Gasteiger partial charge in [-0.15, -0.1) is 11.3 Å². The summed E-state index contributed by atoms with van der Waals surface area (Å²) < 4.78 is 4.26. The highest BCUT2D eigenvalue weighted by atomic mass is 32.1. The standard InChI is InChI=1S/C14H18N2OS2/c1-8(7-12-6-5-9(2)18-12)15-14-13(11(4)17)10(3)16-19-14/h5-6,8,15H,7H2,1-4H3. The molecule has 102 valence electrons. The van der Waals surface area contributed by atoms with Crippen molar-refractivity contribution >= 4 is 33.7 Å². The maximum atomic E-state index is 11.6. The molecule has 0 aliphatic carbocycles. The van der Waals surface area contributed by atoms with Crippen molar-refractivity contribution in [2.24, 2.45) is 0 Å². The lowest BCUT2D eigenvalue weighted by Crippen LogP contribution is -2.18. The van der Waals surface area contributed by atoms with Gasteiger partial charge in [-0.3, -0.25) is 4.79 Å². The predicted octanol–water partition coefficient (Wildman–Crippen LogP) is 4.07. The SMILES string of the molecule is CC(=O)c1c(C)nsc1NC(C)Cc1ccc(C)s1. The third kappa shape index (κ3) is 3.42. The number of aryl methyl sites for hydroxylation is 2. The predicted molar refractivity (Wildman–Crippen MR) is 82.7 cm³/mol. The topological polar surface area (TPSA) is 42.0 Å². The molecule has 0 spiro atoms. The van der Waals surface area contributed by atoms with Gasteiger partial charge >= 0.3 is 0 Å². The van der Waals surface area contributed by atoms with E-state index in [-0.39, 0.29) is 11.8 Å². The van der Waals surface area contributed by atoms with Crippen molar-refractivity contribution in [1.82, 2.24) is 4.37 Å². The summed E-state index contributed by atoms with van der Waals surface area (Å²) in [5, 5.41) is 4.31. The van der Waals surface area contributed by atoms with Gasteiger partial charge in [0.2, 0.25) is 0 Å². The molecule has 2 aromatic rings. The second-order valence-electron chi connectivity index (χ2n) is 4.79. The van der Waals surface area contributed by atoms with Crippen molar-refractivity contribution < 1.29 is 4.79 Å². The van der Waals surface area contributed by atoms with Gasteiger partial charge in [-0.25, -0.2) is 0 Å². The molecular weight excluding hydrogens is 276 g/mol. The molecule has 1 atom stereocenters. The second-order valence-corrected chi connectivity index (χ2v) is 6.94. The number of hydrogen-bond acceptors (Lipinski definition) is 5. The molecule has 0 aliphatic heterocycles. The monoisotopic (exact) mass is 294 g/mol. The summed E-state index contributed by atoms with van der Waals surface area (Å²) in [5.74, 6) is 0.0768. The summed E-state index contributed by atoms with van der Waals surface area (Å²) in [6.45, 7) is 7.72. The number of Topliss-reactive ketones (excluding diaryl/α,β-unsaturated/α-hetero) is 1. The van der Waals surface area contributed by atoms with Crippen molar-refractivity contribution in [2.75, 3.05) is 5.32 Å². The van der Waals surface area contributed by atoms with Crippen LogP contribution in [-0.4, -0.2) is 16.2 Å². The Bertz CT molecular complexity index is 586. The fraction of sp³-hybridized carbons (Fsp3) is 0.429. The Morgan fingerprint density at radius 2 is 2.16 bits per heavy atom. The minimum atomic E-state index is 0.0768. The molecule has 3 nitrogen and oxygen atoms in total. The van der Waals surface area contributed by atoms with Crippen LogP contribution < -0.4 is 5.32 Å². The molecule has 0 saturated heterocycles. The molecule has 0 bridgehead atoms. The maximum Gasteiger partial charge on any atom is 0.164 e. The van der Waals surface area contributed by atoms with Crippen LogP contribution in [0.4, 0.5) is 5.00 Å². The summed E-state index contributed by atoms with van der Waals surface area (Å²) in [4.78, 5) is 14.3. The van der Waals surface area contributed by atoms with Crippen LogP contribution in [0.3, 0.4) is 0 Å². The van der Waals surface area contributed by atoms with Gasteiger partial charge in [0.1, 0.15) is 5.00 Å². The van der Waals surface area contributed by atoms with E-state index < -0.39 is 0 Å². The van der Waals surface area contributed by atoms with Crippen LogP contribution in [0, 0.1) is 13.8 Å². The number of anilines is 1. The van der Waals surface area contributed by atoms with Crippen LogP contribution in [0.25, 0.3) is 0 Å². The van der Waals surface area contributed by atoms with E-state index in [1.54, 1.807) is 6.92 Å². The zero-order chi connectivity index (χ0) is 14.0. The highest BCUT2D eigenvalue weighted by Crippen LogP contribution is 2.26. The number of aromatic nitrogens is 1. The summed E-state index contributed by atoms with van der Waals surface area (Å²) >= 11 is 3.19. The van der Waals surface area contributed by atoms with Crippen LogP contribution in [-0.2, 0) is 6.42 Å². The summed E-state index contributed by atoms with van der Waals surface area (Å²) in [5.41, 5.74) is 1.55. The summed E-state index contributed by atoms with van der Waals surface area (Å²) in [6, 6.07) is 4.60. The molecular formula is C14H18N2OS2. The van der Waals surface area contributed by atoms with Crippen LogP contribution in [0.15, 0.2) is 12.1 Å². The Morgan fingerprint density at radius 3 is 2.74 bits per heavy atom. The van der Waals surface area contributed by atoms with Crippen LogP contribution >= 0.6 is 22.9 Å². The minimum Gasteiger partial charge on any atom is -0.372 e. The van der Waals surface area contributed by atoms with E-state index in [0.717, 1.165) is 22.7 Å². The highest BCUT2D eigenvalue weighted by Gasteiger charge is 2.16. The molecule has 2 heterocycles. The number of carbonyl (C=O) groups is 1. The highest BCUT2D eigenvalue weighted by molar-refractivity contribution is 7.12. The molecule has 0 aromatic carbocycles. The molecule has 0 fully saturated rings. The fourth-order valence-electron chi connectivity index (χ4n) is 2.05. The summed E-state index contributed by atoms with van der Waals surface area (Å²) in [6.07, 6.45) is 0.965. The van der Waals surface area contributed by atoms with Gasteiger partial charge in [-0.1, -0.05) is 0 Å². The van der Waals surface area contributed by atoms with Crippen LogP contribution in [0.2, 0.25) is 0 Å². The molecule has 2 rings (SSSR count). The maximum absolute atomic E-state index is 11.6. The van der Waals surface area contributed by atoms with Crippen LogP contribution in [0.5, 0.6) is 0 Å². The minimum absolute atomic E-state index is 0.0768. The van der Waals surface area contributed by atoms with E-state index in [9.17, 15) is 4.79 Å². The van der Waals surface area contributed by atoms with Crippen molar-refractivity contribution in [2.45, 2.75) is 40.2 Å². The van der Waals surface area contributed by atoms with Crippen molar-refractivity contribution in [1.29, 1.82) is 0 Å². The lowest BCUT2D eigenvalue weighted by Gasteiger charge is -2.13. The number of nitrogens with zero attached hydrogens (tertiary/aromatic N) is 1. The Morgan fingerprint density at radius 1 is 1.42 bits per heavy atom. The van der Waals surface area contributed by atoms with Crippen molar-refractivity contribution in [3.8, 4) is 0 Å². The Labute approximate surface area is 121 Å². The largest absolute Gasteiger partial charge is 0.372 e. The average Bonchev–Trinajstić information content (AvgIpc) is 2.85. The molecule has 0 amide bonds. The first kappa shape index (κ1) is 14.2. The van der Waals surface area contributed by atoms with E-state index in [4.69, 9.17) is 0 Å². The number of hydrogen-bond donors (Lipinski definition) is 1. The van der Waals surface area contributed by atoms with E-state index in [2.05, 4.69) is 35.7 Å². The van der Waals surface area contributed by atoms with E-state index in [1.165, 1.54) is 21.3 Å². The number of nitrogens with one attached hydrogen (secondary N) is 1. The number of carbonyl (C=O) groups excluding carboxylic acids is 1. The molecule has 2 aromatic heterocycles. The quantitative estimate of drug-likeness (QED) is 0.845. The van der Waals surface area contributed by atoms with Gasteiger partial charge in [-0.2, -0.15) is 4.37 Å². The first-order chi connectivity index (χ1) is 8.97. The second kappa shape index (κ2) is 5.84. The number of thiophene rings is 1. The van der Waals surface area contributed by atoms with Crippen molar-refractivity contribution in [3.05, 3.63) is 33.1 Å². The fourth-order valence-corrected chi connectivity index (χ4v) is 4.03. The van der Waals surface area contributed by atoms with E-state index >= 15 is 0 Å². The molecule has 5 heteroatoms. The van der Waals surface area contributed by atoms with Crippen molar-refractivity contribution in [3.63, 3.8) is 0 Å². The zero-order valence-electron chi connectivity index (χ0n) is 11.6. The lowest BCUT2D eigenvalue weighted by molar-refractivity contribution is 0.101. The first-order valence-electron chi connectivity index (χ1n) is 6.26. The molecule has 0 aliphatic rings. The average molecular weight is 294 g/mol. The molecule has 1 unspecified atom stereocenters. The lowest BCUT2D eigenvalue weighted by atomic mass is 10.1. The third-order valence-corrected chi connectivity index (χ3v) is 4.79. The Kier molecular flexibility index (Phi) is 4.37. The van der Waals surface area contributed by atoms with Crippen LogP contribution in [0.1, 0.15) is 39.7 Å². The summed E-state index contributed by atoms with van der Waals surface area (Å²) in [7, 11) is 0. The zero-order valence-corrected chi connectivity index (χ0v) is 13.2. The van der Waals surface area contributed by atoms with Gasteiger partial charge in [-0.05, 0) is 51.4 Å². The molecule has 1 N–H and O–H groups in total. The van der Waals surface area contributed by atoms with Gasteiger partial charge in [0.25, 0.3) is 0 Å². The van der Waals surface area contributed by atoms with Gasteiger partial charge < -0.3 is 5.32 Å². The van der Waals surface area contributed by atoms with E-state index in [1.807, 2.05) is 18.3 Å². The molecule has 19 heavy (non-hydrogen) atoms. The normalized spacial score (nSPS) is 12.4. The Balaban J connectivity index is 2.07. The van der Waals surface area contributed by atoms with Gasteiger partial charge in [0, 0.05) is 22.2 Å². The molecule has 0 saturated carbocycles. The van der Waals surface area contributed by atoms with Gasteiger partial charge in [0.05, 0.1) is 11.3 Å². The van der Waals surface area contributed by atoms with Gasteiger partial charge in [0.15, 0.2) is 5.78 Å². The Hall–Kier alpha value is -1.20. The molecule has 0 radical (unpaired) electrons. The van der Waals surface area contributed by atoms with E-state index in [0.29, 0.717) is 0 Å². The smallest absolute Gasteiger partial charge is 0.164 e.